The number of benzene rings is 1. The Hall–Kier alpha value is -1.13. The first-order chi connectivity index (χ1) is 7.28. The zero-order chi connectivity index (χ0) is 10.7. The maximum Gasteiger partial charge on any atom is 0.0879 e. The highest BCUT2D eigenvalue weighted by molar-refractivity contribution is 9.10. The highest BCUT2D eigenvalue weighted by Gasteiger charge is 2.01. The van der Waals surface area contributed by atoms with Crippen molar-refractivity contribution in [2.75, 3.05) is 0 Å². The molecule has 0 spiro atoms. The maximum absolute atomic E-state index is 8.86. The SMILES string of the molecule is OCc1cc(Cc2ccc(Br)cc2)[nH]n1. The van der Waals surface area contributed by atoms with Gasteiger partial charge >= 0.3 is 0 Å². The van der Waals surface area contributed by atoms with E-state index in [1.807, 2.05) is 18.2 Å². The van der Waals surface area contributed by atoms with Gasteiger partial charge in [0.15, 0.2) is 0 Å². The minimum atomic E-state index is -0.0170. The summed E-state index contributed by atoms with van der Waals surface area (Å²) >= 11 is 3.39. The van der Waals surface area contributed by atoms with Gasteiger partial charge in [-0.1, -0.05) is 28.1 Å². The quantitative estimate of drug-likeness (QED) is 0.896. The van der Waals surface area contributed by atoms with Gasteiger partial charge in [0, 0.05) is 16.6 Å². The van der Waals surface area contributed by atoms with Crippen LogP contribution >= 0.6 is 15.9 Å². The summed E-state index contributed by atoms with van der Waals surface area (Å²) in [5.74, 6) is 0. The van der Waals surface area contributed by atoms with Crippen LogP contribution in [0.3, 0.4) is 0 Å². The number of nitrogens with one attached hydrogen (secondary N) is 1. The Morgan fingerprint density at radius 2 is 2.00 bits per heavy atom. The second-order valence-corrected chi connectivity index (χ2v) is 4.26. The average Bonchev–Trinajstić information content (AvgIpc) is 2.69. The van der Waals surface area contributed by atoms with E-state index in [0.717, 1.165) is 16.6 Å². The largest absolute Gasteiger partial charge is 0.390 e. The maximum atomic E-state index is 8.86. The van der Waals surface area contributed by atoms with Gasteiger partial charge < -0.3 is 5.11 Å². The predicted molar refractivity (Wildman–Crippen MR) is 61.5 cm³/mol. The molecule has 0 atom stereocenters. The summed E-state index contributed by atoms with van der Waals surface area (Å²) in [6.07, 6.45) is 0.806. The molecule has 0 saturated heterocycles. The van der Waals surface area contributed by atoms with Crippen LogP contribution in [0.2, 0.25) is 0 Å². The minimum absolute atomic E-state index is 0.0170. The van der Waals surface area contributed by atoms with Crippen molar-refractivity contribution in [1.29, 1.82) is 0 Å². The Bertz CT molecular complexity index is 436. The molecular formula is C11H11BrN2O. The Balaban J connectivity index is 2.11. The third-order valence-corrected chi connectivity index (χ3v) is 2.68. The van der Waals surface area contributed by atoms with Crippen LogP contribution in [0.5, 0.6) is 0 Å². The van der Waals surface area contributed by atoms with Gasteiger partial charge in [0.1, 0.15) is 0 Å². The fourth-order valence-electron chi connectivity index (χ4n) is 1.40. The van der Waals surface area contributed by atoms with Crippen LogP contribution in [0.25, 0.3) is 0 Å². The fourth-order valence-corrected chi connectivity index (χ4v) is 1.67. The van der Waals surface area contributed by atoms with E-state index in [9.17, 15) is 0 Å². The van der Waals surface area contributed by atoms with E-state index in [1.54, 1.807) is 0 Å². The first-order valence-electron chi connectivity index (χ1n) is 4.66. The summed E-state index contributed by atoms with van der Waals surface area (Å²) in [5.41, 5.74) is 2.91. The first-order valence-corrected chi connectivity index (χ1v) is 5.45. The molecule has 0 fully saturated rings. The molecule has 0 amide bonds. The molecule has 78 valence electrons. The molecule has 1 aromatic heterocycles. The van der Waals surface area contributed by atoms with Crippen LogP contribution in [0, 0.1) is 0 Å². The second-order valence-electron chi connectivity index (χ2n) is 3.35. The number of halogens is 1. The molecule has 0 aliphatic rings. The minimum Gasteiger partial charge on any atom is -0.390 e. The monoisotopic (exact) mass is 266 g/mol. The standard InChI is InChI=1S/C11H11BrN2O/c12-9-3-1-8(2-4-9)5-10-6-11(7-15)14-13-10/h1-4,6,15H,5,7H2,(H,13,14). The number of aliphatic hydroxyl groups is 1. The highest BCUT2D eigenvalue weighted by Crippen LogP contribution is 2.13. The number of aromatic amines is 1. The number of hydrogen-bond acceptors (Lipinski definition) is 2. The lowest BCUT2D eigenvalue weighted by Gasteiger charge is -1.98. The van der Waals surface area contributed by atoms with Crippen molar-refractivity contribution < 1.29 is 5.11 Å². The van der Waals surface area contributed by atoms with Crippen molar-refractivity contribution in [2.24, 2.45) is 0 Å². The van der Waals surface area contributed by atoms with Crippen molar-refractivity contribution in [2.45, 2.75) is 13.0 Å². The Morgan fingerprint density at radius 3 is 2.60 bits per heavy atom. The van der Waals surface area contributed by atoms with Gasteiger partial charge in [0.05, 0.1) is 12.3 Å². The Labute approximate surface area is 96.3 Å². The van der Waals surface area contributed by atoms with Crippen LogP contribution < -0.4 is 0 Å². The van der Waals surface area contributed by atoms with Crippen molar-refractivity contribution >= 4 is 15.9 Å². The van der Waals surface area contributed by atoms with Crippen molar-refractivity contribution in [3.05, 3.63) is 51.8 Å². The summed E-state index contributed by atoms with van der Waals surface area (Å²) in [6, 6.07) is 10.0. The third-order valence-electron chi connectivity index (χ3n) is 2.15. The Kier molecular flexibility index (Phi) is 3.18. The van der Waals surface area contributed by atoms with E-state index >= 15 is 0 Å². The van der Waals surface area contributed by atoms with Crippen molar-refractivity contribution in [3.8, 4) is 0 Å². The van der Waals surface area contributed by atoms with Crippen LogP contribution in [0.15, 0.2) is 34.8 Å². The molecule has 0 unspecified atom stereocenters. The molecule has 0 aliphatic carbocycles. The molecule has 0 saturated carbocycles. The second kappa shape index (κ2) is 4.59. The van der Waals surface area contributed by atoms with Gasteiger partial charge in [0.2, 0.25) is 0 Å². The summed E-state index contributed by atoms with van der Waals surface area (Å²) in [4.78, 5) is 0. The number of aromatic nitrogens is 2. The molecule has 15 heavy (non-hydrogen) atoms. The molecule has 0 aliphatic heterocycles. The molecule has 1 heterocycles. The topological polar surface area (TPSA) is 48.9 Å². The zero-order valence-electron chi connectivity index (χ0n) is 8.07. The molecule has 0 radical (unpaired) electrons. The predicted octanol–water partition coefficient (Wildman–Crippen LogP) is 2.26. The van der Waals surface area contributed by atoms with Crippen LogP contribution in [-0.4, -0.2) is 15.3 Å². The molecule has 3 nitrogen and oxygen atoms in total. The smallest absolute Gasteiger partial charge is 0.0879 e. The van der Waals surface area contributed by atoms with Crippen LogP contribution in [0.1, 0.15) is 17.0 Å². The number of nitrogens with zero attached hydrogens (tertiary/aromatic N) is 1. The lowest BCUT2D eigenvalue weighted by molar-refractivity contribution is 0.276. The summed E-state index contributed by atoms with van der Waals surface area (Å²) in [5, 5.41) is 15.7. The van der Waals surface area contributed by atoms with Crippen LogP contribution in [0.4, 0.5) is 0 Å². The average molecular weight is 267 g/mol. The van der Waals surface area contributed by atoms with E-state index in [-0.39, 0.29) is 6.61 Å². The lowest BCUT2D eigenvalue weighted by Crippen LogP contribution is -1.87. The van der Waals surface area contributed by atoms with Crippen molar-refractivity contribution in [1.82, 2.24) is 10.2 Å². The highest BCUT2D eigenvalue weighted by atomic mass is 79.9. The van der Waals surface area contributed by atoms with Crippen LogP contribution in [-0.2, 0) is 13.0 Å². The summed E-state index contributed by atoms with van der Waals surface area (Å²) in [6.45, 7) is -0.0170. The van der Waals surface area contributed by atoms with E-state index in [4.69, 9.17) is 5.11 Å². The van der Waals surface area contributed by atoms with Gasteiger partial charge in [-0.2, -0.15) is 5.10 Å². The number of aliphatic hydroxyl groups excluding tert-OH is 1. The molecule has 0 bridgehead atoms. The van der Waals surface area contributed by atoms with Crippen molar-refractivity contribution in [3.63, 3.8) is 0 Å². The van der Waals surface area contributed by atoms with E-state index in [2.05, 4.69) is 38.3 Å². The third kappa shape index (κ3) is 2.67. The van der Waals surface area contributed by atoms with E-state index in [1.165, 1.54) is 5.56 Å². The number of rotatable bonds is 3. The summed E-state index contributed by atoms with van der Waals surface area (Å²) < 4.78 is 1.08. The summed E-state index contributed by atoms with van der Waals surface area (Å²) in [7, 11) is 0. The van der Waals surface area contributed by atoms with Gasteiger partial charge in [-0.25, -0.2) is 0 Å². The fraction of sp³-hybridized carbons (Fsp3) is 0.182. The molecular weight excluding hydrogens is 256 g/mol. The molecule has 1 aromatic carbocycles. The number of hydrogen-bond donors (Lipinski definition) is 2. The van der Waals surface area contributed by atoms with Gasteiger partial charge in [-0.3, -0.25) is 5.10 Å². The molecule has 4 heteroatoms. The number of H-pyrrole nitrogens is 1. The normalized spacial score (nSPS) is 10.5. The van der Waals surface area contributed by atoms with Gasteiger partial charge in [-0.15, -0.1) is 0 Å². The lowest BCUT2D eigenvalue weighted by atomic mass is 10.1. The molecule has 2 rings (SSSR count). The molecule has 2 N–H and O–H groups in total. The van der Waals surface area contributed by atoms with Gasteiger partial charge in [-0.05, 0) is 23.8 Å². The zero-order valence-corrected chi connectivity index (χ0v) is 9.66. The van der Waals surface area contributed by atoms with E-state index < -0.39 is 0 Å². The Morgan fingerprint density at radius 1 is 1.27 bits per heavy atom. The molecule has 2 aromatic rings. The van der Waals surface area contributed by atoms with Gasteiger partial charge in [0.25, 0.3) is 0 Å². The first kappa shape index (κ1) is 10.4. The van der Waals surface area contributed by atoms with E-state index in [0.29, 0.717) is 5.69 Å².